The van der Waals surface area contributed by atoms with E-state index < -0.39 is 0 Å². The first kappa shape index (κ1) is 21.9. The molecule has 0 radical (unpaired) electrons. The number of hydrogen-bond acceptors (Lipinski definition) is 9. The predicted octanol–water partition coefficient (Wildman–Crippen LogP) is 2.50. The smallest absolute Gasteiger partial charge is 0.314 e. The Kier molecular flexibility index (Phi) is 6.75. The van der Waals surface area contributed by atoms with Crippen LogP contribution < -0.4 is 11.1 Å². The first-order valence-corrected chi connectivity index (χ1v) is 11.1. The number of nitrogens with one attached hydrogen (secondary N) is 1. The molecule has 1 aliphatic heterocycles. The Morgan fingerprint density at radius 2 is 2.06 bits per heavy atom. The van der Waals surface area contributed by atoms with E-state index in [1.54, 1.807) is 28.7 Å². The van der Waals surface area contributed by atoms with Gasteiger partial charge in [-0.1, -0.05) is 11.6 Å². The number of amides is 2. The molecule has 0 saturated carbocycles. The van der Waals surface area contributed by atoms with Crippen LogP contribution in [0, 0.1) is 11.3 Å². The van der Waals surface area contributed by atoms with Gasteiger partial charge in [-0.2, -0.15) is 5.26 Å². The second-order valence-electron chi connectivity index (χ2n) is 7.12. The molecule has 32 heavy (non-hydrogen) atoms. The van der Waals surface area contributed by atoms with Crippen molar-refractivity contribution in [2.75, 3.05) is 38.0 Å². The first-order valence-electron chi connectivity index (χ1n) is 9.89. The molecule has 1 fully saturated rings. The number of urea groups is 1. The Hall–Kier alpha value is -3.33. The molecule has 164 valence electrons. The molecule has 0 bridgehead atoms. The van der Waals surface area contributed by atoms with Gasteiger partial charge in [0.1, 0.15) is 21.8 Å². The minimum Gasteiger partial charge on any atom is -0.351 e. The topological polar surface area (TPSA) is 137 Å². The van der Waals surface area contributed by atoms with E-state index in [1.165, 1.54) is 11.3 Å². The summed E-state index contributed by atoms with van der Waals surface area (Å²) in [4.78, 5) is 33.0. The van der Waals surface area contributed by atoms with Gasteiger partial charge in [-0.25, -0.2) is 24.7 Å². The fraction of sp³-hybridized carbons (Fsp3) is 0.300. The third kappa shape index (κ3) is 5.28. The van der Waals surface area contributed by atoms with Crippen molar-refractivity contribution in [3.05, 3.63) is 45.6 Å². The van der Waals surface area contributed by atoms with Crippen LogP contribution in [0.4, 0.5) is 16.4 Å². The lowest BCUT2D eigenvalue weighted by molar-refractivity contribution is 0.145. The molecule has 0 atom stereocenters. The number of carbonyl (C=O) groups excluding carboxylic acids is 1. The number of primary amides is 1. The Morgan fingerprint density at radius 1 is 1.25 bits per heavy atom. The SMILES string of the molecule is N#Cc1scnc1-c1ccnc(Nc2cc(Cl)nc(CCN3CCN(C(N)=O)CC3)c2)n1. The highest BCUT2D eigenvalue weighted by Gasteiger charge is 2.19. The number of piperazine rings is 1. The molecule has 0 unspecified atom stereocenters. The number of aromatic nitrogens is 4. The van der Waals surface area contributed by atoms with E-state index in [0.717, 1.165) is 31.0 Å². The lowest BCUT2D eigenvalue weighted by Gasteiger charge is -2.33. The van der Waals surface area contributed by atoms with Crippen LogP contribution in [0.2, 0.25) is 5.15 Å². The molecule has 2 amide bonds. The Labute approximate surface area is 193 Å². The van der Waals surface area contributed by atoms with Crippen LogP contribution in [0.15, 0.2) is 29.9 Å². The van der Waals surface area contributed by atoms with Gasteiger partial charge in [0.25, 0.3) is 0 Å². The summed E-state index contributed by atoms with van der Waals surface area (Å²) in [6.07, 6.45) is 2.32. The highest BCUT2D eigenvalue weighted by molar-refractivity contribution is 7.10. The van der Waals surface area contributed by atoms with E-state index in [2.05, 4.69) is 36.2 Å². The number of rotatable bonds is 6. The van der Waals surface area contributed by atoms with Crippen LogP contribution >= 0.6 is 22.9 Å². The maximum Gasteiger partial charge on any atom is 0.314 e. The minimum absolute atomic E-state index is 0.367. The standard InChI is InChI=1S/C20H20ClN9OS/c21-17-10-14(9-13(26-17)2-4-29-5-7-30(8-6-29)19(23)31)27-20-24-3-1-15(28-20)18-16(11-22)32-12-25-18/h1,3,9-10,12H,2,4-8H2,(H2,23,31)(H,24,26,27,28). The van der Waals surface area contributed by atoms with Gasteiger partial charge in [0.05, 0.1) is 11.2 Å². The van der Waals surface area contributed by atoms with Crippen molar-refractivity contribution < 1.29 is 4.79 Å². The number of thiazole rings is 1. The average molecular weight is 470 g/mol. The predicted molar refractivity (Wildman–Crippen MR) is 122 cm³/mol. The summed E-state index contributed by atoms with van der Waals surface area (Å²) >= 11 is 7.50. The molecule has 3 N–H and O–H groups in total. The van der Waals surface area contributed by atoms with E-state index in [9.17, 15) is 10.1 Å². The van der Waals surface area contributed by atoms with Crippen LogP contribution in [-0.4, -0.2) is 68.5 Å². The van der Waals surface area contributed by atoms with Gasteiger partial charge >= 0.3 is 6.03 Å². The third-order valence-electron chi connectivity index (χ3n) is 5.04. The second-order valence-corrected chi connectivity index (χ2v) is 8.36. The Bertz CT molecular complexity index is 1150. The zero-order valence-corrected chi connectivity index (χ0v) is 18.6. The highest BCUT2D eigenvalue weighted by Crippen LogP contribution is 2.25. The van der Waals surface area contributed by atoms with Crippen molar-refractivity contribution >= 4 is 40.6 Å². The summed E-state index contributed by atoms with van der Waals surface area (Å²) in [5, 5.41) is 12.8. The van der Waals surface area contributed by atoms with E-state index >= 15 is 0 Å². The highest BCUT2D eigenvalue weighted by atomic mass is 35.5. The van der Waals surface area contributed by atoms with Crippen LogP contribution in [0.1, 0.15) is 10.6 Å². The molecule has 0 spiro atoms. The van der Waals surface area contributed by atoms with Gasteiger partial charge in [-0.3, -0.25) is 4.90 Å². The largest absolute Gasteiger partial charge is 0.351 e. The van der Waals surface area contributed by atoms with Crippen molar-refractivity contribution in [1.29, 1.82) is 5.26 Å². The zero-order valence-electron chi connectivity index (χ0n) is 17.0. The molecule has 1 saturated heterocycles. The van der Waals surface area contributed by atoms with Crippen LogP contribution in [-0.2, 0) is 6.42 Å². The number of nitrogens with zero attached hydrogens (tertiary/aromatic N) is 7. The quantitative estimate of drug-likeness (QED) is 0.525. The fourth-order valence-electron chi connectivity index (χ4n) is 3.40. The summed E-state index contributed by atoms with van der Waals surface area (Å²) in [5.74, 6) is 0.371. The molecule has 4 rings (SSSR count). The number of halogens is 1. The number of carbonyl (C=O) groups is 1. The van der Waals surface area contributed by atoms with Crippen molar-refractivity contribution in [2.24, 2.45) is 5.73 Å². The molecule has 0 aromatic carbocycles. The minimum atomic E-state index is -0.373. The summed E-state index contributed by atoms with van der Waals surface area (Å²) in [6, 6.07) is 7.08. The average Bonchev–Trinajstić information content (AvgIpc) is 3.27. The fourth-order valence-corrected chi connectivity index (χ4v) is 4.22. The first-order chi connectivity index (χ1) is 15.5. The summed E-state index contributed by atoms with van der Waals surface area (Å²) < 4.78 is 0. The zero-order chi connectivity index (χ0) is 22.5. The van der Waals surface area contributed by atoms with E-state index in [-0.39, 0.29) is 6.03 Å². The molecule has 3 aromatic rings. The van der Waals surface area contributed by atoms with Crippen LogP contribution in [0.5, 0.6) is 0 Å². The normalized spacial score (nSPS) is 14.2. The lowest BCUT2D eigenvalue weighted by atomic mass is 10.2. The van der Waals surface area contributed by atoms with Gasteiger partial charge in [0, 0.05) is 56.7 Å². The van der Waals surface area contributed by atoms with Gasteiger partial charge in [-0.05, 0) is 18.2 Å². The summed E-state index contributed by atoms with van der Waals surface area (Å²) in [7, 11) is 0. The Morgan fingerprint density at radius 3 is 2.81 bits per heavy atom. The van der Waals surface area contributed by atoms with Gasteiger partial charge < -0.3 is 16.0 Å². The van der Waals surface area contributed by atoms with Crippen molar-refractivity contribution in [2.45, 2.75) is 6.42 Å². The number of pyridine rings is 1. The molecule has 10 nitrogen and oxygen atoms in total. The summed E-state index contributed by atoms with van der Waals surface area (Å²) in [5.41, 5.74) is 9.60. The number of nitrogens with two attached hydrogens (primary N) is 1. The number of anilines is 2. The van der Waals surface area contributed by atoms with Crippen molar-refractivity contribution in [3.63, 3.8) is 0 Å². The second kappa shape index (κ2) is 9.86. The molecule has 4 heterocycles. The number of nitriles is 1. The Balaban J connectivity index is 1.42. The molecule has 3 aromatic heterocycles. The maximum atomic E-state index is 11.3. The van der Waals surface area contributed by atoms with Crippen molar-refractivity contribution in [3.8, 4) is 17.5 Å². The molecule has 12 heteroatoms. The maximum absolute atomic E-state index is 11.3. The molecular weight excluding hydrogens is 450 g/mol. The van der Waals surface area contributed by atoms with E-state index in [1.807, 2.05) is 6.07 Å². The van der Waals surface area contributed by atoms with Crippen LogP contribution in [0.25, 0.3) is 11.4 Å². The van der Waals surface area contributed by atoms with Crippen LogP contribution in [0.3, 0.4) is 0 Å². The third-order valence-corrected chi connectivity index (χ3v) is 5.96. The van der Waals surface area contributed by atoms with E-state index in [0.29, 0.717) is 46.9 Å². The van der Waals surface area contributed by atoms with Gasteiger partial charge in [-0.15, -0.1) is 11.3 Å². The monoisotopic (exact) mass is 469 g/mol. The van der Waals surface area contributed by atoms with Gasteiger partial charge in [0.2, 0.25) is 5.95 Å². The van der Waals surface area contributed by atoms with E-state index in [4.69, 9.17) is 17.3 Å². The molecule has 1 aliphatic rings. The molecule has 0 aliphatic carbocycles. The molecular formula is C20H20ClN9OS. The summed E-state index contributed by atoms with van der Waals surface area (Å²) in [6.45, 7) is 3.61. The van der Waals surface area contributed by atoms with Crippen molar-refractivity contribution in [1.82, 2.24) is 29.7 Å². The lowest BCUT2D eigenvalue weighted by Crippen LogP contribution is -2.50. The van der Waals surface area contributed by atoms with Gasteiger partial charge in [0.15, 0.2) is 0 Å². The number of hydrogen-bond donors (Lipinski definition) is 2.